The van der Waals surface area contributed by atoms with Crippen LogP contribution in [0.25, 0.3) is 0 Å². The van der Waals surface area contributed by atoms with Crippen molar-refractivity contribution in [3.63, 3.8) is 0 Å². The second-order valence-corrected chi connectivity index (χ2v) is 4.92. The Bertz CT molecular complexity index is 397. The van der Waals surface area contributed by atoms with Gasteiger partial charge in [-0.05, 0) is 42.6 Å². The summed E-state index contributed by atoms with van der Waals surface area (Å²) in [6, 6.07) is 4.96. The lowest BCUT2D eigenvalue weighted by Crippen LogP contribution is -2.41. The molecule has 1 aromatic rings. The summed E-state index contributed by atoms with van der Waals surface area (Å²) in [4.78, 5) is 2.23. The minimum atomic E-state index is -0.222. The zero-order valence-electron chi connectivity index (χ0n) is 10.6. The Hall–Kier alpha value is -0.970. The van der Waals surface area contributed by atoms with Gasteiger partial charge in [0.15, 0.2) is 0 Å². The van der Waals surface area contributed by atoms with E-state index in [1.54, 1.807) is 12.1 Å². The van der Waals surface area contributed by atoms with E-state index < -0.39 is 0 Å². The highest BCUT2D eigenvalue weighted by Crippen LogP contribution is 2.21. The molecule has 18 heavy (non-hydrogen) atoms. The third-order valence-electron chi connectivity index (χ3n) is 3.72. The van der Waals surface area contributed by atoms with Gasteiger partial charge in [0.25, 0.3) is 0 Å². The summed E-state index contributed by atoms with van der Waals surface area (Å²) in [5, 5.41) is 9.38. The largest absolute Gasteiger partial charge is 0.395 e. The molecular formula is C14H21FN2O. The molecule has 4 heteroatoms. The molecule has 1 saturated heterocycles. The maximum Gasteiger partial charge on any atom is 0.123 e. The van der Waals surface area contributed by atoms with Gasteiger partial charge in [0.1, 0.15) is 5.82 Å². The van der Waals surface area contributed by atoms with Crippen molar-refractivity contribution >= 4 is 0 Å². The maximum absolute atomic E-state index is 13.3. The first-order valence-electron chi connectivity index (χ1n) is 6.57. The molecule has 100 valence electrons. The Labute approximate surface area is 107 Å². The van der Waals surface area contributed by atoms with Gasteiger partial charge in [0.05, 0.1) is 6.61 Å². The molecule has 0 saturated carbocycles. The molecule has 1 aliphatic heterocycles. The second kappa shape index (κ2) is 6.27. The first kappa shape index (κ1) is 13.5. The zero-order valence-corrected chi connectivity index (χ0v) is 10.6. The van der Waals surface area contributed by atoms with E-state index in [0.717, 1.165) is 36.9 Å². The van der Waals surface area contributed by atoms with Gasteiger partial charge >= 0.3 is 0 Å². The van der Waals surface area contributed by atoms with E-state index >= 15 is 0 Å². The number of halogens is 1. The molecule has 3 N–H and O–H groups in total. The van der Waals surface area contributed by atoms with Crippen LogP contribution in [-0.2, 0) is 13.1 Å². The van der Waals surface area contributed by atoms with Crippen molar-refractivity contribution < 1.29 is 9.50 Å². The molecule has 2 rings (SSSR count). The average Bonchev–Trinajstić information content (AvgIpc) is 2.40. The van der Waals surface area contributed by atoms with E-state index in [2.05, 4.69) is 4.90 Å². The van der Waals surface area contributed by atoms with Crippen LogP contribution in [0.3, 0.4) is 0 Å². The Balaban J connectivity index is 2.14. The van der Waals surface area contributed by atoms with Crippen molar-refractivity contribution in [1.82, 2.24) is 4.90 Å². The van der Waals surface area contributed by atoms with Crippen LogP contribution >= 0.6 is 0 Å². The van der Waals surface area contributed by atoms with Crippen LogP contribution in [0.5, 0.6) is 0 Å². The highest BCUT2D eigenvalue weighted by Gasteiger charge is 2.22. The first-order chi connectivity index (χ1) is 8.74. The maximum atomic E-state index is 13.3. The predicted octanol–water partition coefficient (Wildman–Crippen LogP) is 1.63. The van der Waals surface area contributed by atoms with E-state index in [1.807, 2.05) is 0 Å². The summed E-state index contributed by atoms with van der Waals surface area (Å²) in [7, 11) is 0. The third kappa shape index (κ3) is 3.07. The van der Waals surface area contributed by atoms with Gasteiger partial charge in [-0.25, -0.2) is 4.39 Å². The highest BCUT2D eigenvalue weighted by molar-refractivity contribution is 5.27. The van der Waals surface area contributed by atoms with Crippen LogP contribution in [0.4, 0.5) is 4.39 Å². The highest BCUT2D eigenvalue weighted by atomic mass is 19.1. The molecule has 1 aromatic carbocycles. The standard InChI is InChI=1S/C14H21FN2O/c15-13-5-4-11(8-16)12(7-13)9-17-6-2-1-3-14(17)10-18/h4-5,7,14,18H,1-3,6,8-10,16H2. The number of benzene rings is 1. The van der Waals surface area contributed by atoms with Gasteiger partial charge in [0, 0.05) is 19.1 Å². The smallest absolute Gasteiger partial charge is 0.123 e. The van der Waals surface area contributed by atoms with Crippen molar-refractivity contribution in [2.45, 2.75) is 38.4 Å². The lowest BCUT2D eigenvalue weighted by molar-refractivity contribution is 0.0838. The van der Waals surface area contributed by atoms with Crippen LogP contribution in [0.1, 0.15) is 30.4 Å². The molecule has 1 atom stereocenters. The van der Waals surface area contributed by atoms with Crippen LogP contribution in [0, 0.1) is 5.82 Å². The van der Waals surface area contributed by atoms with Gasteiger partial charge in [-0.1, -0.05) is 12.5 Å². The molecule has 3 nitrogen and oxygen atoms in total. The molecule has 0 aliphatic carbocycles. The molecule has 0 bridgehead atoms. The Morgan fingerprint density at radius 3 is 2.89 bits per heavy atom. The van der Waals surface area contributed by atoms with Crippen LogP contribution < -0.4 is 5.73 Å². The van der Waals surface area contributed by atoms with Gasteiger partial charge < -0.3 is 10.8 Å². The Kier molecular flexibility index (Phi) is 4.69. The summed E-state index contributed by atoms with van der Waals surface area (Å²) in [6.45, 7) is 2.24. The summed E-state index contributed by atoms with van der Waals surface area (Å²) in [5.74, 6) is -0.222. The number of piperidine rings is 1. The molecule has 1 fully saturated rings. The minimum absolute atomic E-state index is 0.174. The summed E-state index contributed by atoms with van der Waals surface area (Å²) < 4.78 is 13.3. The molecule has 0 radical (unpaired) electrons. The van der Waals surface area contributed by atoms with Gasteiger partial charge in [0.2, 0.25) is 0 Å². The van der Waals surface area contributed by atoms with E-state index in [1.165, 1.54) is 6.07 Å². The number of hydrogen-bond donors (Lipinski definition) is 2. The number of nitrogens with two attached hydrogens (primary N) is 1. The van der Waals surface area contributed by atoms with Crippen molar-refractivity contribution in [3.05, 3.63) is 35.1 Å². The SMILES string of the molecule is NCc1ccc(F)cc1CN1CCCCC1CO. The normalized spacial score (nSPS) is 21.2. The zero-order chi connectivity index (χ0) is 13.0. The molecular weight excluding hydrogens is 231 g/mol. The van der Waals surface area contributed by atoms with Gasteiger partial charge in [-0.15, -0.1) is 0 Å². The van der Waals surface area contributed by atoms with Crippen molar-refractivity contribution in [3.8, 4) is 0 Å². The fourth-order valence-corrected chi connectivity index (χ4v) is 2.63. The summed E-state index contributed by atoms with van der Waals surface area (Å²) >= 11 is 0. The minimum Gasteiger partial charge on any atom is -0.395 e. The average molecular weight is 252 g/mol. The number of aliphatic hydroxyl groups is 1. The van der Waals surface area contributed by atoms with E-state index in [-0.39, 0.29) is 18.5 Å². The molecule has 1 unspecified atom stereocenters. The molecule has 1 aliphatic rings. The fourth-order valence-electron chi connectivity index (χ4n) is 2.63. The second-order valence-electron chi connectivity index (χ2n) is 4.92. The topological polar surface area (TPSA) is 49.5 Å². The van der Waals surface area contributed by atoms with Crippen LogP contribution in [-0.4, -0.2) is 29.2 Å². The number of nitrogens with zero attached hydrogens (tertiary/aromatic N) is 1. The molecule has 0 aromatic heterocycles. The Morgan fingerprint density at radius 2 is 2.17 bits per heavy atom. The molecule has 0 amide bonds. The predicted molar refractivity (Wildman–Crippen MR) is 69.4 cm³/mol. The Morgan fingerprint density at radius 1 is 1.33 bits per heavy atom. The number of likely N-dealkylation sites (tertiary alicyclic amines) is 1. The summed E-state index contributed by atoms with van der Waals surface area (Å²) in [5.41, 5.74) is 7.61. The first-order valence-corrected chi connectivity index (χ1v) is 6.57. The van der Waals surface area contributed by atoms with Gasteiger partial charge in [-0.3, -0.25) is 4.90 Å². The lowest BCUT2D eigenvalue weighted by Gasteiger charge is -2.35. The molecule has 0 spiro atoms. The summed E-state index contributed by atoms with van der Waals surface area (Å²) in [6.07, 6.45) is 3.32. The number of aliphatic hydroxyl groups excluding tert-OH is 1. The number of rotatable bonds is 4. The molecule has 1 heterocycles. The third-order valence-corrected chi connectivity index (χ3v) is 3.72. The fraction of sp³-hybridized carbons (Fsp3) is 0.571. The van der Waals surface area contributed by atoms with Crippen molar-refractivity contribution in [2.24, 2.45) is 5.73 Å². The van der Waals surface area contributed by atoms with Crippen molar-refractivity contribution in [2.75, 3.05) is 13.2 Å². The van der Waals surface area contributed by atoms with Crippen LogP contribution in [0.15, 0.2) is 18.2 Å². The van der Waals surface area contributed by atoms with E-state index in [9.17, 15) is 9.50 Å². The monoisotopic (exact) mass is 252 g/mol. The van der Waals surface area contributed by atoms with Gasteiger partial charge in [-0.2, -0.15) is 0 Å². The lowest BCUT2D eigenvalue weighted by atomic mass is 10.00. The number of hydrogen-bond acceptors (Lipinski definition) is 3. The van der Waals surface area contributed by atoms with Crippen molar-refractivity contribution in [1.29, 1.82) is 0 Å². The quantitative estimate of drug-likeness (QED) is 0.856. The van der Waals surface area contributed by atoms with Crippen LogP contribution in [0.2, 0.25) is 0 Å². The van der Waals surface area contributed by atoms with E-state index in [0.29, 0.717) is 13.1 Å². The van der Waals surface area contributed by atoms with E-state index in [4.69, 9.17) is 5.73 Å².